The molecule has 0 fully saturated rings. The lowest BCUT2D eigenvalue weighted by Gasteiger charge is -2.15. The lowest BCUT2D eigenvalue weighted by atomic mass is 10.1. The van der Waals surface area contributed by atoms with Crippen LogP contribution >= 0.6 is 0 Å². The second kappa shape index (κ2) is 8.12. The van der Waals surface area contributed by atoms with Crippen molar-refractivity contribution < 1.29 is 9.53 Å². The third-order valence-electron chi connectivity index (χ3n) is 4.63. The van der Waals surface area contributed by atoms with Crippen molar-refractivity contribution in [2.45, 2.75) is 13.3 Å². The van der Waals surface area contributed by atoms with E-state index in [4.69, 9.17) is 4.74 Å². The number of hydrogen-bond donors (Lipinski definition) is 2. The molecule has 7 heteroatoms. The average Bonchev–Trinajstić information content (AvgIpc) is 2.69. The summed E-state index contributed by atoms with van der Waals surface area (Å²) in [5.41, 5.74) is 2.67. The molecule has 0 saturated heterocycles. The highest BCUT2D eigenvalue weighted by Crippen LogP contribution is 2.25. The Labute approximate surface area is 163 Å². The topological polar surface area (TPSA) is 87.3 Å². The Morgan fingerprint density at radius 2 is 2.07 bits per heavy atom. The fourth-order valence-corrected chi connectivity index (χ4v) is 3.14. The van der Waals surface area contributed by atoms with Crippen molar-refractivity contribution in [1.29, 1.82) is 0 Å². The van der Waals surface area contributed by atoms with Crippen LogP contribution in [-0.4, -0.2) is 43.6 Å². The number of methoxy groups -OCH3 is 1. The van der Waals surface area contributed by atoms with E-state index in [9.17, 15) is 9.59 Å². The van der Waals surface area contributed by atoms with E-state index in [1.54, 1.807) is 30.3 Å². The summed E-state index contributed by atoms with van der Waals surface area (Å²) in [6, 6.07) is 9.12. The maximum absolute atomic E-state index is 12.5. The second-order valence-electron chi connectivity index (χ2n) is 6.77. The molecule has 0 saturated carbocycles. The number of aryl methyl sites for hydroxylation is 1. The molecule has 0 atom stereocenters. The van der Waals surface area contributed by atoms with Gasteiger partial charge in [-0.15, -0.1) is 0 Å². The second-order valence-corrected chi connectivity index (χ2v) is 6.77. The van der Waals surface area contributed by atoms with E-state index in [0.29, 0.717) is 41.2 Å². The number of pyridine rings is 2. The molecule has 0 aliphatic carbocycles. The molecule has 2 aromatic heterocycles. The number of anilines is 1. The molecular weight excluding hydrogens is 356 g/mol. The van der Waals surface area contributed by atoms with Gasteiger partial charge in [-0.1, -0.05) is 6.07 Å². The summed E-state index contributed by atoms with van der Waals surface area (Å²) >= 11 is 0. The first kappa shape index (κ1) is 19.4. The van der Waals surface area contributed by atoms with E-state index in [-0.39, 0.29) is 11.5 Å². The number of aromatic nitrogens is 2. The number of rotatable bonds is 6. The Hall–Kier alpha value is -3.35. The van der Waals surface area contributed by atoms with Crippen molar-refractivity contribution in [3.8, 4) is 5.75 Å². The van der Waals surface area contributed by atoms with Gasteiger partial charge in [0.1, 0.15) is 11.6 Å². The predicted octanol–water partition coefficient (Wildman–Crippen LogP) is 2.28. The summed E-state index contributed by atoms with van der Waals surface area (Å²) in [6.45, 7) is 2.33. The number of carbonyl (C=O) groups is 1. The van der Waals surface area contributed by atoms with Crippen LogP contribution in [0.4, 0.5) is 5.82 Å². The summed E-state index contributed by atoms with van der Waals surface area (Å²) in [7, 11) is 5.25. The van der Waals surface area contributed by atoms with Gasteiger partial charge in [-0.2, -0.15) is 0 Å². The summed E-state index contributed by atoms with van der Waals surface area (Å²) < 4.78 is 5.33. The molecule has 146 valence electrons. The number of carbonyl (C=O) groups excluding carboxylic acids is 1. The van der Waals surface area contributed by atoms with Gasteiger partial charge in [-0.05, 0) is 43.2 Å². The van der Waals surface area contributed by atoms with Crippen LogP contribution in [0.25, 0.3) is 10.9 Å². The van der Waals surface area contributed by atoms with E-state index in [1.165, 1.54) is 0 Å². The van der Waals surface area contributed by atoms with Gasteiger partial charge in [0.25, 0.3) is 11.5 Å². The molecule has 0 unspecified atom stereocenters. The minimum Gasteiger partial charge on any atom is -0.495 e. The Balaban J connectivity index is 1.78. The van der Waals surface area contributed by atoms with Crippen LogP contribution in [0.1, 0.15) is 21.5 Å². The van der Waals surface area contributed by atoms with Gasteiger partial charge < -0.3 is 19.9 Å². The largest absolute Gasteiger partial charge is 0.495 e. The number of H-pyrrole nitrogens is 1. The summed E-state index contributed by atoms with van der Waals surface area (Å²) in [4.78, 5) is 33.9. The van der Waals surface area contributed by atoms with Crippen molar-refractivity contribution in [2.75, 3.05) is 32.6 Å². The molecular formula is C21H24N4O3. The lowest BCUT2D eigenvalue weighted by Crippen LogP contribution is -2.29. The monoisotopic (exact) mass is 380 g/mol. The van der Waals surface area contributed by atoms with Crippen LogP contribution in [0.5, 0.6) is 5.75 Å². The maximum Gasteiger partial charge on any atom is 0.255 e. The molecule has 2 N–H and O–H groups in total. The van der Waals surface area contributed by atoms with Crippen molar-refractivity contribution in [3.05, 3.63) is 63.6 Å². The zero-order valence-corrected chi connectivity index (χ0v) is 16.5. The molecule has 0 aliphatic rings. The van der Waals surface area contributed by atoms with Crippen molar-refractivity contribution in [1.82, 2.24) is 15.3 Å². The number of fused-ring (bicyclic) bond motifs is 1. The molecule has 7 nitrogen and oxygen atoms in total. The molecule has 3 rings (SSSR count). The Morgan fingerprint density at radius 3 is 2.79 bits per heavy atom. The van der Waals surface area contributed by atoms with Crippen molar-refractivity contribution in [2.24, 2.45) is 0 Å². The van der Waals surface area contributed by atoms with Crippen molar-refractivity contribution >= 4 is 22.6 Å². The normalized spacial score (nSPS) is 10.7. The number of nitrogens with one attached hydrogen (secondary N) is 2. The van der Waals surface area contributed by atoms with Crippen LogP contribution < -0.4 is 20.5 Å². The zero-order chi connectivity index (χ0) is 20.3. The average molecular weight is 380 g/mol. The summed E-state index contributed by atoms with van der Waals surface area (Å²) in [5.74, 6) is 1.02. The lowest BCUT2D eigenvalue weighted by molar-refractivity contribution is 0.0954. The Kier molecular flexibility index (Phi) is 5.63. The number of amides is 1. The smallest absolute Gasteiger partial charge is 0.255 e. The van der Waals surface area contributed by atoms with Gasteiger partial charge in [-0.25, -0.2) is 4.98 Å². The molecule has 0 bridgehead atoms. The third kappa shape index (κ3) is 3.83. The molecule has 2 heterocycles. The van der Waals surface area contributed by atoms with Crippen LogP contribution in [0, 0.1) is 6.92 Å². The first-order chi connectivity index (χ1) is 13.4. The van der Waals surface area contributed by atoms with E-state index >= 15 is 0 Å². The van der Waals surface area contributed by atoms with Crippen LogP contribution in [-0.2, 0) is 6.42 Å². The highest BCUT2D eigenvalue weighted by atomic mass is 16.5. The van der Waals surface area contributed by atoms with Crippen LogP contribution in [0.15, 0.2) is 41.3 Å². The highest BCUT2D eigenvalue weighted by molar-refractivity contribution is 5.98. The fraction of sp³-hybridized carbons (Fsp3) is 0.286. The molecule has 1 aromatic carbocycles. The standard InChI is InChI=1S/C21H24N4O3/c1-13-7-8-17(28-4)18-16(13)12-14(20(26)24-18)9-11-23-21(27)15-6-5-10-22-19(15)25(2)3/h5-8,10,12H,9,11H2,1-4H3,(H,23,27)(H,24,26). The number of ether oxygens (including phenoxy) is 1. The molecule has 0 aliphatic heterocycles. The van der Waals surface area contributed by atoms with E-state index < -0.39 is 0 Å². The third-order valence-corrected chi connectivity index (χ3v) is 4.63. The Morgan fingerprint density at radius 1 is 1.29 bits per heavy atom. The molecule has 3 aromatic rings. The fourth-order valence-electron chi connectivity index (χ4n) is 3.14. The highest BCUT2D eigenvalue weighted by Gasteiger charge is 2.14. The first-order valence-electron chi connectivity index (χ1n) is 9.02. The van der Waals surface area contributed by atoms with Gasteiger partial charge in [0.2, 0.25) is 0 Å². The molecule has 1 amide bonds. The van der Waals surface area contributed by atoms with E-state index in [2.05, 4.69) is 15.3 Å². The molecule has 0 radical (unpaired) electrons. The molecule has 0 spiro atoms. The van der Waals surface area contributed by atoms with E-state index in [0.717, 1.165) is 10.9 Å². The van der Waals surface area contributed by atoms with Gasteiger partial charge in [0.15, 0.2) is 0 Å². The van der Waals surface area contributed by atoms with Gasteiger partial charge in [0, 0.05) is 37.8 Å². The van der Waals surface area contributed by atoms with E-state index in [1.807, 2.05) is 39.2 Å². The number of hydrogen-bond acceptors (Lipinski definition) is 5. The quantitative estimate of drug-likeness (QED) is 0.685. The number of benzene rings is 1. The summed E-state index contributed by atoms with van der Waals surface area (Å²) in [6.07, 6.45) is 2.07. The van der Waals surface area contributed by atoms with Gasteiger partial charge in [0.05, 0.1) is 18.2 Å². The number of nitrogens with zero attached hydrogens (tertiary/aromatic N) is 2. The van der Waals surface area contributed by atoms with Gasteiger partial charge in [-0.3, -0.25) is 9.59 Å². The zero-order valence-electron chi connectivity index (χ0n) is 16.5. The minimum absolute atomic E-state index is 0.180. The van der Waals surface area contributed by atoms with Crippen LogP contribution in [0.3, 0.4) is 0 Å². The maximum atomic E-state index is 12.5. The van der Waals surface area contributed by atoms with Gasteiger partial charge >= 0.3 is 0 Å². The predicted molar refractivity (Wildman–Crippen MR) is 110 cm³/mol. The molecule has 28 heavy (non-hydrogen) atoms. The van der Waals surface area contributed by atoms with Crippen molar-refractivity contribution in [3.63, 3.8) is 0 Å². The SMILES string of the molecule is COc1ccc(C)c2cc(CCNC(=O)c3cccnc3N(C)C)c(=O)[nH]c12. The number of aromatic amines is 1. The Bertz CT molecular complexity index is 1070. The summed E-state index contributed by atoms with van der Waals surface area (Å²) in [5, 5.41) is 3.80. The minimum atomic E-state index is -0.216. The van der Waals surface area contributed by atoms with Crippen LogP contribution in [0.2, 0.25) is 0 Å². The first-order valence-corrected chi connectivity index (χ1v) is 9.02.